The van der Waals surface area contributed by atoms with Crippen molar-refractivity contribution < 1.29 is 14.7 Å². The van der Waals surface area contributed by atoms with Crippen molar-refractivity contribution in [2.75, 3.05) is 0 Å². The molecule has 0 unspecified atom stereocenters. The number of rotatable bonds is 3. The molecule has 1 aromatic carbocycles. The highest BCUT2D eigenvalue weighted by molar-refractivity contribution is 6.18. The van der Waals surface area contributed by atoms with Crippen LogP contribution in [0, 0.1) is 12.3 Å². The molecule has 0 saturated carbocycles. The number of Topliss-reactive ketones (excluding diaryl/α,β-unsaturated/α-hetero) is 1. The van der Waals surface area contributed by atoms with Crippen LogP contribution in [0.2, 0.25) is 0 Å². The van der Waals surface area contributed by atoms with Crippen molar-refractivity contribution in [3.63, 3.8) is 0 Å². The molecule has 0 bridgehead atoms. The summed E-state index contributed by atoms with van der Waals surface area (Å²) in [7, 11) is 0. The Balaban J connectivity index is 2.65. The van der Waals surface area contributed by atoms with Crippen LogP contribution in [0.4, 0.5) is 0 Å². The second-order valence-corrected chi connectivity index (χ2v) is 4.93. The maximum atomic E-state index is 12.4. The summed E-state index contributed by atoms with van der Waals surface area (Å²) < 4.78 is 0. The van der Waals surface area contributed by atoms with Crippen molar-refractivity contribution in [2.24, 2.45) is 5.41 Å². The van der Waals surface area contributed by atoms with Gasteiger partial charge in [-0.25, -0.2) is 0 Å². The van der Waals surface area contributed by atoms with Crippen LogP contribution in [0.1, 0.15) is 29.9 Å². The molecule has 0 aliphatic rings. The van der Waals surface area contributed by atoms with Gasteiger partial charge in [0.15, 0.2) is 5.78 Å². The molecule has 94 valence electrons. The maximum absolute atomic E-state index is 12.4. The largest absolute Gasteiger partial charge is 0.481 e. The number of fused-ring (bicyclic) bond motifs is 1. The van der Waals surface area contributed by atoms with Gasteiger partial charge in [0.05, 0.1) is 0 Å². The van der Waals surface area contributed by atoms with E-state index in [1.807, 2.05) is 24.3 Å². The second-order valence-electron chi connectivity index (χ2n) is 4.93. The van der Waals surface area contributed by atoms with E-state index in [1.54, 1.807) is 6.92 Å². The first kappa shape index (κ1) is 12.4. The summed E-state index contributed by atoms with van der Waals surface area (Å²) in [5, 5.41) is 9.91. The van der Waals surface area contributed by atoms with Crippen LogP contribution in [0.25, 0.3) is 10.9 Å². The molecule has 0 fully saturated rings. The Labute approximate surface area is 105 Å². The number of para-hydroxylation sites is 1. The fourth-order valence-corrected chi connectivity index (χ4v) is 1.98. The third-order valence-corrected chi connectivity index (χ3v) is 3.22. The number of H-pyrrole nitrogens is 1. The first-order chi connectivity index (χ1) is 8.35. The average Bonchev–Trinajstić information content (AvgIpc) is 2.63. The zero-order valence-electron chi connectivity index (χ0n) is 10.6. The highest BCUT2D eigenvalue weighted by atomic mass is 16.4. The average molecular weight is 245 g/mol. The number of ketones is 1. The number of hydrogen-bond acceptors (Lipinski definition) is 2. The van der Waals surface area contributed by atoms with Crippen molar-refractivity contribution in [1.82, 2.24) is 4.98 Å². The van der Waals surface area contributed by atoms with Crippen LogP contribution in [0.3, 0.4) is 0 Å². The number of carboxylic acids is 1. The minimum absolute atomic E-state index is 0.370. The fourth-order valence-electron chi connectivity index (χ4n) is 1.98. The minimum Gasteiger partial charge on any atom is -0.481 e. The standard InChI is InChI=1S/C14H15NO3/c1-8-11(12(16)14(2,3)13(17)18)9-6-4-5-7-10(9)15-8/h4-7,15H,1-3H3,(H,17,18). The van der Waals surface area contributed by atoms with Gasteiger partial charge in [0, 0.05) is 22.2 Å². The number of aromatic amines is 1. The van der Waals surface area contributed by atoms with Gasteiger partial charge in [0.1, 0.15) is 5.41 Å². The Kier molecular flexibility index (Phi) is 2.73. The highest BCUT2D eigenvalue weighted by Gasteiger charge is 2.38. The molecule has 1 heterocycles. The molecular formula is C14H15NO3. The highest BCUT2D eigenvalue weighted by Crippen LogP contribution is 2.29. The van der Waals surface area contributed by atoms with E-state index in [2.05, 4.69) is 4.98 Å². The van der Waals surface area contributed by atoms with Crippen LogP contribution in [0.5, 0.6) is 0 Å². The van der Waals surface area contributed by atoms with E-state index in [-0.39, 0.29) is 5.78 Å². The molecule has 0 atom stereocenters. The number of carbonyl (C=O) groups is 2. The Morgan fingerprint density at radius 1 is 1.22 bits per heavy atom. The number of carboxylic acid groups (broad SMARTS) is 1. The van der Waals surface area contributed by atoms with Crippen molar-refractivity contribution in [1.29, 1.82) is 0 Å². The minimum atomic E-state index is -1.42. The quantitative estimate of drug-likeness (QED) is 0.645. The van der Waals surface area contributed by atoms with Gasteiger partial charge in [-0.3, -0.25) is 9.59 Å². The Hall–Kier alpha value is -2.10. The lowest BCUT2D eigenvalue weighted by Crippen LogP contribution is -2.33. The number of benzene rings is 1. The second kappa shape index (κ2) is 3.98. The van der Waals surface area contributed by atoms with Gasteiger partial charge in [-0.2, -0.15) is 0 Å². The number of aliphatic carboxylic acids is 1. The molecule has 0 spiro atoms. The molecule has 0 aliphatic carbocycles. The van der Waals surface area contributed by atoms with Gasteiger partial charge in [0.2, 0.25) is 0 Å². The van der Waals surface area contributed by atoms with Crippen molar-refractivity contribution in [2.45, 2.75) is 20.8 Å². The van der Waals surface area contributed by atoms with E-state index in [0.29, 0.717) is 11.3 Å². The lowest BCUT2D eigenvalue weighted by Gasteiger charge is -2.17. The molecule has 2 rings (SSSR count). The summed E-state index contributed by atoms with van der Waals surface area (Å²) in [6.07, 6.45) is 0. The van der Waals surface area contributed by atoms with Crippen LogP contribution < -0.4 is 0 Å². The predicted molar refractivity (Wildman–Crippen MR) is 68.8 cm³/mol. The normalized spacial score (nSPS) is 11.7. The van der Waals surface area contributed by atoms with Gasteiger partial charge in [-0.15, -0.1) is 0 Å². The van der Waals surface area contributed by atoms with E-state index < -0.39 is 11.4 Å². The lowest BCUT2D eigenvalue weighted by atomic mass is 9.83. The van der Waals surface area contributed by atoms with Crippen LogP contribution >= 0.6 is 0 Å². The van der Waals surface area contributed by atoms with Gasteiger partial charge < -0.3 is 10.1 Å². The molecule has 4 heteroatoms. The van der Waals surface area contributed by atoms with Gasteiger partial charge in [-0.05, 0) is 26.8 Å². The summed E-state index contributed by atoms with van der Waals surface area (Å²) in [4.78, 5) is 26.7. The molecule has 2 N–H and O–H groups in total. The number of nitrogens with one attached hydrogen (secondary N) is 1. The number of aryl methyl sites for hydroxylation is 1. The monoisotopic (exact) mass is 245 g/mol. The zero-order valence-corrected chi connectivity index (χ0v) is 10.6. The van der Waals surface area contributed by atoms with Gasteiger partial charge >= 0.3 is 5.97 Å². The van der Waals surface area contributed by atoms with Crippen molar-refractivity contribution >= 4 is 22.7 Å². The summed E-state index contributed by atoms with van der Waals surface area (Å²) in [6.45, 7) is 4.64. The van der Waals surface area contributed by atoms with Crippen LogP contribution in [-0.4, -0.2) is 21.8 Å². The van der Waals surface area contributed by atoms with Crippen LogP contribution in [-0.2, 0) is 4.79 Å². The van der Waals surface area contributed by atoms with Gasteiger partial charge in [0.25, 0.3) is 0 Å². The van der Waals surface area contributed by atoms with E-state index >= 15 is 0 Å². The Bertz CT molecular complexity index is 638. The number of aromatic nitrogens is 1. The molecule has 2 aromatic rings. The first-order valence-corrected chi connectivity index (χ1v) is 5.71. The number of hydrogen-bond donors (Lipinski definition) is 2. The maximum Gasteiger partial charge on any atom is 0.316 e. The third kappa shape index (κ3) is 1.70. The topological polar surface area (TPSA) is 70.2 Å². The van der Waals surface area contributed by atoms with E-state index in [0.717, 1.165) is 10.9 Å². The van der Waals surface area contributed by atoms with E-state index in [4.69, 9.17) is 5.11 Å². The molecule has 1 aromatic heterocycles. The van der Waals surface area contributed by atoms with Crippen molar-refractivity contribution in [3.8, 4) is 0 Å². The summed E-state index contributed by atoms with van der Waals surface area (Å²) in [5.74, 6) is -1.48. The third-order valence-electron chi connectivity index (χ3n) is 3.22. The lowest BCUT2D eigenvalue weighted by molar-refractivity contribution is -0.144. The molecule has 0 saturated heterocycles. The fraction of sp³-hybridized carbons (Fsp3) is 0.286. The van der Waals surface area contributed by atoms with Crippen LogP contribution in [0.15, 0.2) is 24.3 Å². The van der Waals surface area contributed by atoms with E-state index in [9.17, 15) is 9.59 Å². The molecule has 0 aliphatic heterocycles. The zero-order chi connectivity index (χ0) is 13.5. The molecule has 0 amide bonds. The predicted octanol–water partition coefficient (Wildman–Crippen LogP) is 2.77. The first-order valence-electron chi connectivity index (χ1n) is 5.71. The molecular weight excluding hydrogens is 230 g/mol. The summed E-state index contributed by atoms with van der Waals surface area (Å²) in [6, 6.07) is 7.39. The molecule has 0 radical (unpaired) electrons. The summed E-state index contributed by atoms with van der Waals surface area (Å²) in [5.41, 5.74) is 0.600. The van der Waals surface area contributed by atoms with Crippen molar-refractivity contribution in [3.05, 3.63) is 35.5 Å². The SMILES string of the molecule is Cc1[nH]c2ccccc2c1C(=O)C(C)(C)C(=O)O. The Morgan fingerprint density at radius 2 is 1.83 bits per heavy atom. The molecule has 4 nitrogen and oxygen atoms in total. The number of carbonyl (C=O) groups excluding carboxylic acids is 1. The van der Waals surface area contributed by atoms with Gasteiger partial charge in [-0.1, -0.05) is 18.2 Å². The Morgan fingerprint density at radius 3 is 2.44 bits per heavy atom. The van der Waals surface area contributed by atoms with E-state index in [1.165, 1.54) is 13.8 Å². The summed E-state index contributed by atoms with van der Waals surface area (Å²) >= 11 is 0. The smallest absolute Gasteiger partial charge is 0.316 e. The molecule has 18 heavy (non-hydrogen) atoms.